The van der Waals surface area contributed by atoms with Gasteiger partial charge in [0.1, 0.15) is 22.3 Å². The fourth-order valence-corrected chi connectivity index (χ4v) is 12.0. The Morgan fingerprint density at radius 3 is 0.603 bits per heavy atom. The fraction of sp³-hybridized carbons (Fsp3) is 0.485. The summed E-state index contributed by atoms with van der Waals surface area (Å²) >= 11 is 0. The average molecular weight is 1060 g/mol. The van der Waals surface area contributed by atoms with Crippen molar-refractivity contribution < 1.29 is 33.9 Å². The second-order valence-electron chi connectivity index (χ2n) is 28.8. The van der Waals surface area contributed by atoms with Crippen LogP contribution in [0.3, 0.4) is 0 Å². The van der Waals surface area contributed by atoms with Crippen LogP contribution < -0.4 is 0 Å². The molecule has 0 spiro atoms. The van der Waals surface area contributed by atoms with Gasteiger partial charge >= 0.3 is 17.1 Å². The molecule has 394 valence electrons. The molecule has 2 aromatic heterocycles. The van der Waals surface area contributed by atoms with Crippen LogP contribution in [-0.4, -0.2) is 0 Å². The molecule has 0 saturated heterocycles. The molecule has 0 unspecified atom stereocenters. The number of benzene rings is 4. The van der Waals surface area contributed by atoms with Gasteiger partial charge in [0.2, 0.25) is 0 Å². The van der Waals surface area contributed by atoms with Crippen molar-refractivity contribution in [3.63, 3.8) is 0 Å². The van der Waals surface area contributed by atoms with Crippen molar-refractivity contribution in [3.8, 4) is 10.6 Å². The van der Waals surface area contributed by atoms with E-state index in [1.54, 1.807) is 0 Å². The molecule has 2 heterocycles. The molecule has 0 aliphatic heterocycles. The van der Waals surface area contributed by atoms with Crippen LogP contribution in [-0.2, 0) is 60.4 Å². The number of hydrogen-bond donors (Lipinski definition) is 0. The van der Waals surface area contributed by atoms with E-state index in [9.17, 15) is 0 Å². The zero-order valence-corrected chi connectivity index (χ0v) is 52.0. The van der Waals surface area contributed by atoms with Gasteiger partial charge in [0, 0.05) is 43.8 Å². The maximum absolute atomic E-state index is 6.94. The van der Waals surface area contributed by atoms with Crippen LogP contribution in [0, 0.1) is 0 Å². The second-order valence-corrected chi connectivity index (χ2v) is 31.6. The number of rotatable bonds is 2. The summed E-state index contributed by atoms with van der Waals surface area (Å²) in [6.45, 7) is 54.8. The zero-order valence-electron chi connectivity index (χ0n) is 49.1. The molecule has 6 aromatic carbocycles. The Balaban J connectivity index is 0.000000235. The molecular weight excluding hydrogens is 975 g/mol. The van der Waals surface area contributed by atoms with Gasteiger partial charge in [0.15, 0.2) is 16.0 Å². The van der Waals surface area contributed by atoms with Gasteiger partial charge in [-0.25, -0.2) is 24.3 Å². The van der Waals surface area contributed by atoms with Gasteiger partial charge in [-0.15, -0.1) is 0 Å². The van der Waals surface area contributed by atoms with Gasteiger partial charge < -0.3 is 16.8 Å². The first-order chi connectivity index (χ1) is 32.7. The average Bonchev–Trinajstić information content (AvgIpc) is 3.91. The van der Waals surface area contributed by atoms with Crippen LogP contribution in [0.1, 0.15) is 211 Å². The Labute approximate surface area is 452 Å². The molecule has 8 aromatic rings. The molecule has 0 amide bonds. The predicted octanol–water partition coefficient (Wildman–Crippen LogP) is 22.4. The van der Waals surface area contributed by atoms with Crippen LogP contribution in [0.4, 0.5) is 0 Å². The molecule has 0 aliphatic rings. The summed E-state index contributed by atoms with van der Waals surface area (Å²) in [5.74, 6) is 0. The van der Waals surface area contributed by atoms with Crippen molar-refractivity contribution in [2.45, 2.75) is 209 Å². The van der Waals surface area contributed by atoms with Crippen molar-refractivity contribution in [2.24, 2.45) is 0 Å². The van der Waals surface area contributed by atoms with Crippen molar-refractivity contribution in [1.82, 2.24) is 0 Å². The predicted molar refractivity (Wildman–Crippen MR) is 316 cm³/mol. The molecule has 0 bridgehead atoms. The zero-order chi connectivity index (χ0) is 53.7. The normalized spacial score (nSPS) is 13.4. The quantitative estimate of drug-likeness (QED) is 0.128. The fourth-order valence-electron chi connectivity index (χ4n) is 9.22. The summed E-state index contributed by atoms with van der Waals surface area (Å²) in [5.41, 5.74) is 13.8. The minimum absolute atomic E-state index is 0. The van der Waals surface area contributed by atoms with Crippen LogP contribution in [0.25, 0.3) is 54.5 Å². The van der Waals surface area contributed by atoms with Crippen LogP contribution in [0.2, 0.25) is 0 Å². The standard InChI is InChI=1S/2C33H44O2P.Fe/c2*1-30(2,3)21-17-24-25-18-22(31(4,5)6)20-27(33(10,11)12)29(25)35-36(23-15-13-14-16-23)34-28(24)26(19-21)32(7,8)9;/h2*13-20H,1-12H3;/q2*-1;+2. The first kappa shape index (κ1) is 58.2. The van der Waals surface area contributed by atoms with Gasteiger partial charge in [-0.1, -0.05) is 190 Å². The van der Waals surface area contributed by atoms with Gasteiger partial charge in [-0.3, -0.25) is 0 Å². The SMILES string of the molecule is CC(C)(C)c1cc(C(C)(C)C)c2op(-[c-]3cccc3)oc3c(C(C)(C)C)cc(C(C)(C)C)cc3c2c1.CC(C)(C)c1cc(C(C)(C)C)c2op(-[c-]3cccc3)oc3c(C(C)(C)C)cc(C(C)(C)C)cc3c2c1.[Fe+2]. The summed E-state index contributed by atoms with van der Waals surface area (Å²) in [7, 11) is -2.66. The van der Waals surface area contributed by atoms with E-state index in [1.165, 1.54) is 44.5 Å². The number of fused-ring (bicyclic) bond motifs is 6. The first-order valence-electron chi connectivity index (χ1n) is 26.3. The Morgan fingerprint density at radius 2 is 0.452 bits per heavy atom. The van der Waals surface area contributed by atoms with Crippen molar-refractivity contribution in [3.05, 3.63) is 142 Å². The van der Waals surface area contributed by atoms with Crippen molar-refractivity contribution in [2.75, 3.05) is 0 Å². The third kappa shape index (κ3) is 12.4. The van der Waals surface area contributed by atoms with Crippen molar-refractivity contribution >= 4 is 59.9 Å². The van der Waals surface area contributed by atoms with E-state index in [-0.39, 0.29) is 60.4 Å². The maximum atomic E-state index is 6.94. The Bertz CT molecular complexity index is 2920. The van der Waals surface area contributed by atoms with E-state index in [1.807, 2.05) is 0 Å². The largest absolute Gasteiger partial charge is 2.00 e. The molecule has 4 nitrogen and oxygen atoms in total. The van der Waals surface area contributed by atoms with Gasteiger partial charge in [0.25, 0.3) is 0 Å². The summed E-state index contributed by atoms with van der Waals surface area (Å²) in [6, 6.07) is 35.6. The first-order valence-corrected chi connectivity index (χ1v) is 28.6. The molecule has 0 N–H and O–H groups in total. The molecule has 0 radical (unpaired) electrons. The van der Waals surface area contributed by atoms with E-state index < -0.39 is 16.0 Å². The minimum Gasteiger partial charge on any atom is -0.424 e. The molecule has 0 saturated carbocycles. The van der Waals surface area contributed by atoms with Crippen LogP contribution >= 0.6 is 16.0 Å². The summed E-state index contributed by atoms with van der Waals surface area (Å²) in [4.78, 5) is 0. The van der Waals surface area contributed by atoms with E-state index in [0.29, 0.717) is 0 Å². The van der Waals surface area contributed by atoms with Crippen LogP contribution in [0.5, 0.6) is 0 Å². The van der Waals surface area contributed by atoms with Crippen molar-refractivity contribution in [1.29, 1.82) is 0 Å². The van der Waals surface area contributed by atoms with E-state index in [2.05, 4.69) is 263 Å². The van der Waals surface area contributed by atoms with Gasteiger partial charge in [-0.2, -0.15) is 24.3 Å². The third-order valence-corrected chi connectivity index (χ3v) is 16.9. The summed E-state index contributed by atoms with van der Waals surface area (Å²) < 4.78 is 27.8. The summed E-state index contributed by atoms with van der Waals surface area (Å²) in [5, 5.41) is 6.80. The Morgan fingerprint density at radius 1 is 0.274 bits per heavy atom. The molecule has 0 aliphatic carbocycles. The monoisotopic (exact) mass is 1060 g/mol. The van der Waals surface area contributed by atoms with E-state index in [4.69, 9.17) is 16.8 Å². The van der Waals surface area contributed by atoms with E-state index in [0.717, 1.165) is 54.5 Å². The van der Waals surface area contributed by atoms with Crippen LogP contribution in [0.15, 0.2) is 114 Å². The third-order valence-electron chi connectivity index (χ3n) is 14.0. The second kappa shape index (κ2) is 19.8. The number of hydrogen-bond acceptors (Lipinski definition) is 4. The molecule has 8 rings (SSSR count). The maximum Gasteiger partial charge on any atom is 2.00 e. The van der Waals surface area contributed by atoms with Gasteiger partial charge in [0.05, 0.1) is 0 Å². The summed E-state index contributed by atoms with van der Waals surface area (Å²) in [6.07, 6.45) is 0. The Hall–Kier alpha value is -4.10. The van der Waals surface area contributed by atoms with E-state index >= 15 is 0 Å². The molecule has 0 fully saturated rings. The minimum atomic E-state index is -1.33. The van der Waals surface area contributed by atoms with Gasteiger partial charge in [-0.05, 0) is 100 Å². The molecule has 73 heavy (non-hydrogen) atoms. The molecular formula is C66H88FeO4P2. The molecule has 0 atom stereocenters. The topological polar surface area (TPSA) is 52.6 Å². The Kier molecular flexibility index (Phi) is 15.8. The smallest absolute Gasteiger partial charge is 0.424 e. The molecule has 7 heteroatoms.